The van der Waals surface area contributed by atoms with Crippen LogP contribution in [0.2, 0.25) is 5.02 Å². The third kappa shape index (κ3) is 5.86. The lowest BCUT2D eigenvalue weighted by Gasteiger charge is -2.29. The van der Waals surface area contributed by atoms with Gasteiger partial charge in [-0.3, -0.25) is 10.4 Å². The van der Waals surface area contributed by atoms with Crippen molar-refractivity contribution in [2.24, 2.45) is 11.6 Å². The molecule has 0 radical (unpaired) electrons. The number of guanidine groups is 1. The lowest BCUT2D eigenvalue weighted by Crippen LogP contribution is -2.50. The van der Waals surface area contributed by atoms with Crippen LogP contribution >= 0.6 is 36.4 Å². The van der Waals surface area contributed by atoms with Crippen molar-refractivity contribution in [3.63, 3.8) is 0 Å². The summed E-state index contributed by atoms with van der Waals surface area (Å²) in [6, 6.07) is 13.3. The summed E-state index contributed by atoms with van der Waals surface area (Å²) in [4.78, 5) is 9.64. The van der Waals surface area contributed by atoms with E-state index >= 15 is 0 Å². The maximum absolute atomic E-state index is 7.77. The molecule has 2 aromatic carbocycles. The quantitative estimate of drug-likeness (QED) is 0.193. The van der Waals surface area contributed by atoms with E-state index in [0.717, 1.165) is 47.2 Å². The molecule has 0 bridgehead atoms. The second-order valence-corrected chi connectivity index (χ2v) is 8.07. The highest BCUT2D eigenvalue weighted by atomic mass is 35.5. The minimum Gasteiger partial charge on any atom is -0.497 e. The molecule has 7 nitrogen and oxygen atoms in total. The third-order valence-corrected chi connectivity index (χ3v) is 5.96. The van der Waals surface area contributed by atoms with Crippen LogP contribution in [0, 0.1) is 5.41 Å². The van der Waals surface area contributed by atoms with E-state index in [0.29, 0.717) is 10.8 Å². The number of nitrogens with two attached hydrogens (primary N) is 2. The Balaban J connectivity index is 0.00000193. The van der Waals surface area contributed by atoms with E-state index < -0.39 is 0 Å². The van der Waals surface area contributed by atoms with Crippen LogP contribution in [0.25, 0.3) is 23.1 Å². The van der Waals surface area contributed by atoms with Gasteiger partial charge < -0.3 is 10.5 Å². The highest BCUT2D eigenvalue weighted by Crippen LogP contribution is 2.39. The number of methoxy groups -OCH3 is 1. The summed E-state index contributed by atoms with van der Waals surface area (Å²) in [5, 5.41) is 10.7. The van der Waals surface area contributed by atoms with Gasteiger partial charge in [-0.05, 0) is 54.8 Å². The molecule has 4 rings (SSSR count). The Morgan fingerprint density at radius 1 is 1.12 bits per heavy atom. The molecule has 5 N–H and O–H groups in total. The maximum Gasteiger partial charge on any atom is 0.203 e. The number of halogens is 3. The number of fused-ring (bicyclic) bond motifs is 1. The number of ether oxygens (including phenoxy) is 1. The number of nitrogens with one attached hydrogen (secondary N) is 1. The van der Waals surface area contributed by atoms with Crippen LogP contribution in [-0.4, -0.2) is 34.1 Å². The Kier molecular flexibility index (Phi) is 9.31. The molecule has 1 saturated carbocycles. The molecule has 1 aliphatic rings. The van der Waals surface area contributed by atoms with Gasteiger partial charge in [-0.15, -0.1) is 24.8 Å². The minimum absolute atomic E-state index is 0. The molecule has 1 aliphatic carbocycles. The number of hydrogen-bond acceptors (Lipinski definition) is 5. The predicted molar refractivity (Wildman–Crippen MR) is 139 cm³/mol. The highest BCUT2D eigenvalue weighted by Gasteiger charge is 2.35. The van der Waals surface area contributed by atoms with Crippen LogP contribution in [-0.2, 0) is 0 Å². The smallest absolute Gasteiger partial charge is 0.203 e. The molecular weight excluding hydrogens is 483 g/mol. The third-order valence-electron chi connectivity index (χ3n) is 5.71. The molecule has 0 saturated heterocycles. The number of aromatic nitrogens is 2. The first-order valence-corrected chi connectivity index (χ1v) is 10.5. The van der Waals surface area contributed by atoms with Gasteiger partial charge in [0, 0.05) is 16.3 Å². The molecule has 10 heteroatoms. The first kappa shape index (κ1) is 26.7. The average molecular weight is 510 g/mol. The molecule has 0 spiro atoms. The lowest BCUT2D eigenvalue weighted by atomic mass is 9.95. The molecule has 1 aromatic heterocycles. The van der Waals surface area contributed by atoms with Gasteiger partial charge in [0.05, 0.1) is 24.4 Å². The fourth-order valence-electron chi connectivity index (χ4n) is 4.15. The van der Waals surface area contributed by atoms with Crippen molar-refractivity contribution in [1.29, 1.82) is 5.41 Å². The highest BCUT2D eigenvalue weighted by molar-refractivity contribution is 6.30. The largest absolute Gasteiger partial charge is 0.497 e. The van der Waals surface area contributed by atoms with Gasteiger partial charge in [-0.1, -0.05) is 36.2 Å². The zero-order valence-corrected chi connectivity index (χ0v) is 20.5. The van der Waals surface area contributed by atoms with E-state index in [1.54, 1.807) is 7.11 Å². The van der Waals surface area contributed by atoms with Crippen molar-refractivity contribution >= 4 is 65.4 Å². The molecular formula is C23H27Cl3N6O. The zero-order chi connectivity index (χ0) is 22.0. The van der Waals surface area contributed by atoms with E-state index in [1.165, 1.54) is 5.01 Å². The minimum atomic E-state index is -0.143. The Bertz CT molecular complexity index is 1140. The predicted octanol–water partition coefficient (Wildman–Crippen LogP) is 5.01. The Morgan fingerprint density at radius 3 is 2.52 bits per heavy atom. The van der Waals surface area contributed by atoms with Gasteiger partial charge in [0.15, 0.2) is 5.82 Å². The van der Waals surface area contributed by atoms with Crippen molar-refractivity contribution in [2.45, 2.75) is 31.2 Å². The monoisotopic (exact) mass is 508 g/mol. The summed E-state index contributed by atoms with van der Waals surface area (Å²) in [5.74, 6) is 7.37. The molecule has 2 atom stereocenters. The van der Waals surface area contributed by atoms with Crippen molar-refractivity contribution < 1.29 is 4.74 Å². The molecule has 176 valence electrons. The molecule has 1 heterocycles. The fraction of sp³-hybridized carbons (Fsp3) is 0.261. The van der Waals surface area contributed by atoms with Crippen molar-refractivity contribution in [1.82, 2.24) is 15.0 Å². The van der Waals surface area contributed by atoms with Crippen LogP contribution in [0.4, 0.5) is 0 Å². The molecule has 0 amide bonds. The van der Waals surface area contributed by atoms with Crippen LogP contribution in [0.5, 0.6) is 5.75 Å². The van der Waals surface area contributed by atoms with Crippen LogP contribution in [0.15, 0.2) is 42.5 Å². The summed E-state index contributed by atoms with van der Waals surface area (Å²) in [7, 11) is 1.64. The maximum atomic E-state index is 7.77. The van der Waals surface area contributed by atoms with Gasteiger partial charge in [0.2, 0.25) is 5.96 Å². The number of hydrazine groups is 1. The first-order chi connectivity index (χ1) is 15.0. The molecule has 0 unspecified atom stereocenters. The van der Waals surface area contributed by atoms with Crippen LogP contribution < -0.4 is 16.3 Å². The van der Waals surface area contributed by atoms with Crippen LogP contribution in [0.3, 0.4) is 0 Å². The van der Waals surface area contributed by atoms with E-state index in [-0.39, 0.29) is 42.7 Å². The Labute approximate surface area is 210 Å². The molecule has 33 heavy (non-hydrogen) atoms. The van der Waals surface area contributed by atoms with E-state index in [4.69, 9.17) is 43.3 Å². The summed E-state index contributed by atoms with van der Waals surface area (Å²) in [6.45, 7) is 0. The summed E-state index contributed by atoms with van der Waals surface area (Å²) >= 11 is 5.98. The zero-order valence-electron chi connectivity index (χ0n) is 18.1. The number of benzene rings is 2. The van der Waals surface area contributed by atoms with Crippen molar-refractivity contribution in [3.8, 4) is 5.75 Å². The van der Waals surface area contributed by atoms with E-state index in [1.807, 2.05) is 54.6 Å². The van der Waals surface area contributed by atoms with Gasteiger partial charge in [0.25, 0.3) is 0 Å². The SMILES string of the molecule is COc1ccc2nc(C=Cc3ccc(Cl)cc3)nc([C@H]3CCC[C@H]3N(N)C(=N)N)c2c1.Cl.Cl. The standard InChI is InChI=1S/C23H25ClN6O.2ClH/c1-31-16-10-11-19-18(13-16)22(17-3-2-4-20(17)30(27)23(25)26)29-21(28-19)12-7-14-5-8-15(24)9-6-14;;/h5-13,17,20H,2-4,27H2,1H3,(H3,25,26);2*1H/t17-,20+;;/m0../s1. The van der Waals surface area contributed by atoms with Gasteiger partial charge in [-0.2, -0.15) is 0 Å². The summed E-state index contributed by atoms with van der Waals surface area (Å²) < 4.78 is 5.43. The second kappa shape index (κ2) is 11.5. The fourth-order valence-corrected chi connectivity index (χ4v) is 4.28. The molecule has 3 aromatic rings. The molecule has 0 aliphatic heterocycles. The van der Waals surface area contributed by atoms with E-state index in [2.05, 4.69) is 0 Å². The summed E-state index contributed by atoms with van der Waals surface area (Å²) in [6.07, 6.45) is 6.61. The summed E-state index contributed by atoms with van der Waals surface area (Å²) in [5.41, 5.74) is 8.42. The van der Waals surface area contributed by atoms with Gasteiger partial charge >= 0.3 is 0 Å². The van der Waals surface area contributed by atoms with Gasteiger partial charge in [-0.25, -0.2) is 15.8 Å². The Morgan fingerprint density at radius 2 is 1.85 bits per heavy atom. The molecule has 1 fully saturated rings. The van der Waals surface area contributed by atoms with Gasteiger partial charge in [0.1, 0.15) is 5.75 Å². The normalized spacial score (nSPS) is 17.4. The second-order valence-electron chi connectivity index (χ2n) is 7.63. The number of rotatable bonds is 5. The van der Waals surface area contributed by atoms with Crippen molar-refractivity contribution in [3.05, 3.63) is 64.6 Å². The van der Waals surface area contributed by atoms with Crippen molar-refractivity contribution in [2.75, 3.05) is 7.11 Å². The average Bonchev–Trinajstić information content (AvgIpc) is 3.26. The lowest BCUT2D eigenvalue weighted by molar-refractivity contribution is 0.294. The number of hydrogen-bond donors (Lipinski definition) is 3. The van der Waals surface area contributed by atoms with Crippen LogP contribution in [0.1, 0.15) is 42.3 Å². The topological polar surface area (TPSA) is 114 Å². The Hall–Kier alpha value is -2.58. The van der Waals surface area contributed by atoms with E-state index in [9.17, 15) is 0 Å². The number of nitrogens with zero attached hydrogens (tertiary/aromatic N) is 3. The first-order valence-electron chi connectivity index (χ1n) is 10.1.